The van der Waals surface area contributed by atoms with Crippen LogP contribution < -0.4 is 0 Å². The fraction of sp³-hybridized carbons (Fsp3) is 0.133. The molecule has 0 aliphatic heterocycles. The van der Waals surface area contributed by atoms with Crippen LogP contribution in [0.3, 0.4) is 0 Å². The summed E-state index contributed by atoms with van der Waals surface area (Å²) in [6.45, 7) is 0.217. The summed E-state index contributed by atoms with van der Waals surface area (Å²) in [6.07, 6.45) is 0. The van der Waals surface area contributed by atoms with Crippen LogP contribution in [0.15, 0.2) is 51.8 Å². The summed E-state index contributed by atoms with van der Waals surface area (Å²) in [5.41, 5.74) is 0.983. The average molecular weight is 354 g/mol. The molecule has 2 rings (SSSR count). The predicted octanol–water partition coefficient (Wildman–Crippen LogP) is 4.15. The zero-order chi connectivity index (χ0) is 14.7. The molecule has 2 nitrogen and oxygen atoms in total. The Balaban J connectivity index is 2.19. The first-order chi connectivity index (χ1) is 9.49. The second kappa shape index (κ2) is 6.41. The predicted molar refractivity (Wildman–Crippen MR) is 83.6 cm³/mol. The van der Waals surface area contributed by atoms with E-state index in [1.165, 1.54) is 11.0 Å². The SMILES string of the molecule is CN(Cc1ccccc1F)C(=O)c1ccc(Br)cc1S. The van der Waals surface area contributed by atoms with Crippen molar-refractivity contribution in [2.45, 2.75) is 11.4 Å². The summed E-state index contributed by atoms with van der Waals surface area (Å²) in [7, 11) is 1.64. The molecule has 0 atom stereocenters. The fourth-order valence-electron chi connectivity index (χ4n) is 1.85. The highest BCUT2D eigenvalue weighted by Crippen LogP contribution is 2.21. The van der Waals surface area contributed by atoms with Gasteiger partial charge in [-0.3, -0.25) is 4.79 Å². The smallest absolute Gasteiger partial charge is 0.255 e. The van der Waals surface area contributed by atoms with Crippen LogP contribution in [0.25, 0.3) is 0 Å². The van der Waals surface area contributed by atoms with Crippen molar-refractivity contribution < 1.29 is 9.18 Å². The summed E-state index contributed by atoms with van der Waals surface area (Å²) in [6, 6.07) is 11.7. The van der Waals surface area contributed by atoms with Gasteiger partial charge in [0, 0.05) is 28.5 Å². The Morgan fingerprint density at radius 3 is 2.65 bits per heavy atom. The second-order valence-electron chi connectivity index (χ2n) is 4.41. The van der Waals surface area contributed by atoms with Crippen molar-refractivity contribution in [3.63, 3.8) is 0 Å². The molecular formula is C15H13BrFNOS. The number of thiol groups is 1. The van der Waals surface area contributed by atoms with Crippen LogP contribution in [0.5, 0.6) is 0 Å². The molecule has 0 aliphatic carbocycles. The number of hydrogen-bond acceptors (Lipinski definition) is 2. The van der Waals surface area contributed by atoms with E-state index >= 15 is 0 Å². The molecule has 0 radical (unpaired) electrons. The van der Waals surface area contributed by atoms with E-state index in [-0.39, 0.29) is 18.3 Å². The Morgan fingerprint density at radius 1 is 1.30 bits per heavy atom. The van der Waals surface area contributed by atoms with E-state index in [4.69, 9.17) is 0 Å². The van der Waals surface area contributed by atoms with Crippen LogP contribution in [-0.4, -0.2) is 17.9 Å². The van der Waals surface area contributed by atoms with Crippen LogP contribution in [0.2, 0.25) is 0 Å². The van der Waals surface area contributed by atoms with E-state index in [9.17, 15) is 9.18 Å². The van der Waals surface area contributed by atoms with Crippen LogP contribution in [0.1, 0.15) is 15.9 Å². The molecular weight excluding hydrogens is 341 g/mol. The van der Waals surface area contributed by atoms with E-state index in [1.807, 2.05) is 0 Å². The van der Waals surface area contributed by atoms with Crippen LogP contribution in [-0.2, 0) is 6.54 Å². The summed E-state index contributed by atoms with van der Waals surface area (Å²) in [5, 5.41) is 0. The number of carbonyl (C=O) groups excluding carboxylic acids is 1. The highest BCUT2D eigenvalue weighted by molar-refractivity contribution is 9.10. The van der Waals surface area contributed by atoms with Gasteiger partial charge in [0.25, 0.3) is 5.91 Å². The van der Waals surface area contributed by atoms with Crippen molar-refractivity contribution in [3.8, 4) is 0 Å². The first-order valence-corrected chi connectivity index (χ1v) is 7.20. The first kappa shape index (κ1) is 15.1. The van der Waals surface area contributed by atoms with Crippen molar-refractivity contribution in [2.75, 3.05) is 7.05 Å². The molecule has 0 N–H and O–H groups in total. The zero-order valence-electron chi connectivity index (χ0n) is 10.8. The Morgan fingerprint density at radius 2 is 2.00 bits per heavy atom. The Kier molecular flexibility index (Phi) is 4.83. The van der Waals surface area contributed by atoms with Crippen molar-refractivity contribution in [3.05, 3.63) is 63.9 Å². The van der Waals surface area contributed by atoms with E-state index in [0.29, 0.717) is 16.0 Å². The molecule has 0 fully saturated rings. The third-order valence-electron chi connectivity index (χ3n) is 2.90. The maximum absolute atomic E-state index is 13.6. The lowest BCUT2D eigenvalue weighted by Gasteiger charge is -2.18. The van der Waals surface area contributed by atoms with E-state index in [0.717, 1.165) is 4.47 Å². The highest BCUT2D eigenvalue weighted by Gasteiger charge is 2.16. The van der Waals surface area contributed by atoms with E-state index < -0.39 is 0 Å². The summed E-state index contributed by atoms with van der Waals surface area (Å²) in [5.74, 6) is -0.500. The molecule has 20 heavy (non-hydrogen) atoms. The quantitative estimate of drug-likeness (QED) is 0.821. The maximum atomic E-state index is 13.6. The van der Waals surface area contributed by atoms with Gasteiger partial charge in [0.15, 0.2) is 0 Å². The number of rotatable bonds is 3. The molecule has 0 saturated heterocycles. The van der Waals surface area contributed by atoms with E-state index in [2.05, 4.69) is 28.6 Å². The first-order valence-electron chi connectivity index (χ1n) is 5.96. The van der Waals surface area contributed by atoms with Gasteiger partial charge in [-0.2, -0.15) is 0 Å². The van der Waals surface area contributed by atoms with E-state index in [1.54, 1.807) is 43.4 Å². The topological polar surface area (TPSA) is 20.3 Å². The van der Waals surface area contributed by atoms with Crippen molar-refractivity contribution in [1.82, 2.24) is 4.90 Å². The summed E-state index contributed by atoms with van der Waals surface area (Å²) in [4.78, 5) is 14.4. The lowest BCUT2D eigenvalue weighted by atomic mass is 10.1. The van der Waals surface area contributed by atoms with Gasteiger partial charge in [0.1, 0.15) is 5.82 Å². The Hall–Kier alpha value is -1.33. The number of benzene rings is 2. The van der Waals surface area contributed by atoms with Crippen LogP contribution in [0, 0.1) is 5.82 Å². The molecule has 0 saturated carbocycles. The van der Waals surface area contributed by atoms with Gasteiger partial charge in [-0.15, -0.1) is 12.6 Å². The van der Waals surface area contributed by atoms with Crippen molar-refractivity contribution in [1.29, 1.82) is 0 Å². The minimum Gasteiger partial charge on any atom is -0.337 e. The fourth-order valence-corrected chi connectivity index (χ4v) is 2.69. The van der Waals surface area contributed by atoms with Gasteiger partial charge < -0.3 is 4.90 Å². The molecule has 0 unspecified atom stereocenters. The summed E-state index contributed by atoms with van der Waals surface area (Å²) >= 11 is 7.62. The number of hydrogen-bond donors (Lipinski definition) is 1. The highest BCUT2D eigenvalue weighted by atomic mass is 79.9. The molecule has 0 aliphatic rings. The Labute approximate surface area is 131 Å². The third-order valence-corrected chi connectivity index (χ3v) is 3.77. The number of carbonyl (C=O) groups is 1. The molecule has 1 amide bonds. The minimum absolute atomic E-state index is 0.189. The van der Waals surface area contributed by atoms with Gasteiger partial charge in [0.2, 0.25) is 0 Å². The van der Waals surface area contributed by atoms with Gasteiger partial charge in [-0.1, -0.05) is 34.1 Å². The largest absolute Gasteiger partial charge is 0.337 e. The second-order valence-corrected chi connectivity index (χ2v) is 5.81. The van der Waals surface area contributed by atoms with Gasteiger partial charge in [-0.05, 0) is 24.3 Å². The zero-order valence-corrected chi connectivity index (χ0v) is 13.3. The van der Waals surface area contributed by atoms with Crippen molar-refractivity contribution >= 4 is 34.5 Å². The summed E-state index contributed by atoms with van der Waals surface area (Å²) < 4.78 is 14.4. The molecule has 0 heterocycles. The van der Waals surface area contributed by atoms with Gasteiger partial charge >= 0.3 is 0 Å². The van der Waals surface area contributed by atoms with Crippen molar-refractivity contribution in [2.24, 2.45) is 0 Å². The van der Waals surface area contributed by atoms with Gasteiger partial charge in [-0.25, -0.2) is 4.39 Å². The average Bonchev–Trinajstić information content (AvgIpc) is 2.40. The molecule has 0 spiro atoms. The molecule has 2 aromatic carbocycles. The maximum Gasteiger partial charge on any atom is 0.255 e. The molecule has 104 valence electrons. The van der Waals surface area contributed by atoms with Crippen LogP contribution >= 0.6 is 28.6 Å². The number of amides is 1. The van der Waals surface area contributed by atoms with Crippen LogP contribution in [0.4, 0.5) is 4.39 Å². The van der Waals surface area contributed by atoms with Gasteiger partial charge in [0.05, 0.1) is 5.56 Å². The lowest BCUT2D eigenvalue weighted by molar-refractivity contribution is 0.0780. The molecule has 0 aromatic heterocycles. The molecule has 2 aromatic rings. The monoisotopic (exact) mass is 353 g/mol. The minimum atomic E-state index is -0.311. The number of halogens is 2. The third kappa shape index (κ3) is 3.41. The molecule has 5 heteroatoms. The Bertz CT molecular complexity index is 648. The normalized spacial score (nSPS) is 10.4. The lowest BCUT2D eigenvalue weighted by Crippen LogP contribution is -2.27. The standard InChI is InChI=1S/C15H13BrFNOS/c1-18(9-10-4-2-3-5-13(10)17)15(19)12-7-6-11(16)8-14(12)20/h2-8,20H,9H2,1H3. The number of nitrogens with zero attached hydrogens (tertiary/aromatic N) is 1. The molecule has 0 bridgehead atoms.